The fraction of sp³-hybridized carbons (Fsp3) is 0.526. The molecule has 0 aliphatic carbocycles. The third-order valence-corrected chi connectivity index (χ3v) is 3.71. The van der Waals surface area contributed by atoms with Gasteiger partial charge in [-0.25, -0.2) is 10.3 Å². The lowest BCUT2D eigenvalue weighted by Gasteiger charge is -2.06. The summed E-state index contributed by atoms with van der Waals surface area (Å²) in [7, 11) is 0. The number of carbonyl (C=O) groups excluding carboxylic acids is 3. The van der Waals surface area contributed by atoms with Crippen molar-refractivity contribution in [2.24, 2.45) is 0 Å². The highest BCUT2D eigenvalue weighted by molar-refractivity contribution is 5.89. The van der Waals surface area contributed by atoms with Crippen LogP contribution in [0.2, 0.25) is 0 Å². The fourth-order valence-corrected chi connectivity index (χ4v) is 2.20. The van der Waals surface area contributed by atoms with E-state index in [1.54, 1.807) is 29.7 Å². The van der Waals surface area contributed by atoms with E-state index < -0.39 is 5.91 Å². The molecule has 1 aromatic rings. The Hall–Kier alpha value is -2.41. The Labute approximate surface area is 153 Å². The van der Waals surface area contributed by atoms with Crippen LogP contribution in [0.25, 0.3) is 0 Å². The van der Waals surface area contributed by atoms with Crippen LogP contribution in [-0.4, -0.2) is 29.7 Å². The minimum absolute atomic E-state index is 0.272. The second-order valence-electron chi connectivity index (χ2n) is 5.94. The molecule has 0 saturated heterocycles. The van der Waals surface area contributed by atoms with Crippen LogP contribution in [0.1, 0.15) is 68.6 Å². The molecule has 0 fully saturated rings. The Balaban J connectivity index is 2.23. The number of esters is 2. The zero-order valence-electron chi connectivity index (χ0n) is 15.2. The van der Waals surface area contributed by atoms with Crippen molar-refractivity contribution in [2.75, 3.05) is 6.61 Å². The number of hydrogen-bond donors (Lipinski definition) is 2. The summed E-state index contributed by atoms with van der Waals surface area (Å²) in [5.41, 5.74) is 2.01. The summed E-state index contributed by atoms with van der Waals surface area (Å²) >= 11 is 0. The van der Waals surface area contributed by atoms with Gasteiger partial charge in [0.05, 0.1) is 12.2 Å². The molecule has 0 aliphatic heterocycles. The van der Waals surface area contributed by atoms with Gasteiger partial charge in [-0.2, -0.15) is 0 Å². The average Bonchev–Trinajstić information content (AvgIpc) is 2.65. The first-order valence-electron chi connectivity index (χ1n) is 8.97. The molecule has 0 radical (unpaired) electrons. The van der Waals surface area contributed by atoms with Crippen LogP contribution in [0.15, 0.2) is 24.3 Å². The molecule has 1 amide bonds. The van der Waals surface area contributed by atoms with Crippen LogP contribution in [-0.2, 0) is 14.3 Å². The monoisotopic (exact) mass is 365 g/mol. The second-order valence-corrected chi connectivity index (χ2v) is 5.94. The molecular weight excluding hydrogens is 338 g/mol. The Morgan fingerprint density at radius 2 is 1.62 bits per heavy atom. The first-order valence-corrected chi connectivity index (χ1v) is 8.97. The van der Waals surface area contributed by atoms with Crippen LogP contribution in [0.5, 0.6) is 5.75 Å². The van der Waals surface area contributed by atoms with Crippen molar-refractivity contribution >= 4 is 17.8 Å². The molecule has 1 aromatic carbocycles. The minimum atomic E-state index is -0.401. The van der Waals surface area contributed by atoms with Crippen molar-refractivity contribution in [1.82, 2.24) is 5.48 Å². The Morgan fingerprint density at radius 3 is 2.23 bits per heavy atom. The minimum Gasteiger partial charge on any atom is -0.462 e. The molecule has 26 heavy (non-hydrogen) atoms. The lowest BCUT2D eigenvalue weighted by molar-refractivity contribution is -0.134. The van der Waals surface area contributed by atoms with E-state index in [2.05, 4.69) is 0 Å². The van der Waals surface area contributed by atoms with Crippen molar-refractivity contribution in [1.29, 1.82) is 0 Å². The molecule has 0 saturated carbocycles. The van der Waals surface area contributed by atoms with Gasteiger partial charge in [0.15, 0.2) is 0 Å². The maximum absolute atomic E-state index is 11.8. The van der Waals surface area contributed by atoms with Crippen LogP contribution >= 0.6 is 0 Å². The summed E-state index contributed by atoms with van der Waals surface area (Å²) in [6, 6.07) is 6.29. The summed E-state index contributed by atoms with van der Waals surface area (Å²) in [6.07, 6.45) is 5.28. The number of rotatable bonds is 12. The average molecular weight is 365 g/mol. The largest absolute Gasteiger partial charge is 0.462 e. The third-order valence-electron chi connectivity index (χ3n) is 3.71. The van der Waals surface area contributed by atoms with Gasteiger partial charge in [-0.3, -0.25) is 14.8 Å². The van der Waals surface area contributed by atoms with Crippen molar-refractivity contribution in [3.63, 3.8) is 0 Å². The smallest absolute Gasteiger partial charge is 0.338 e. The Bertz CT molecular complexity index is 570. The van der Waals surface area contributed by atoms with Crippen LogP contribution < -0.4 is 10.2 Å². The molecule has 0 aromatic heterocycles. The fourth-order valence-electron chi connectivity index (χ4n) is 2.20. The molecule has 7 nitrogen and oxygen atoms in total. The van der Waals surface area contributed by atoms with Gasteiger partial charge < -0.3 is 9.47 Å². The molecule has 0 bridgehead atoms. The van der Waals surface area contributed by atoms with E-state index >= 15 is 0 Å². The van der Waals surface area contributed by atoms with E-state index in [9.17, 15) is 14.4 Å². The number of nitrogens with one attached hydrogen (secondary N) is 1. The maximum atomic E-state index is 11.8. The molecule has 0 spiro atoms. The van der Waals surface area contributed by atoms with Crippen molar-refractivity contribution in [3.05, 3.63) is 29.8 Å². The predicted molar refractivity (Wildman–Crippen MR) is 94.9 cm³/mol. The summed E-state index contributed by atoms with van der Waals surface area (Å²) < 4.78 is 10.3. The van der Waals surface area contributed by atoms with Crippen molar-refractivity contribution in [3.8, 4) is 5.75 Å². The van der Waals surface area contributed by atoms with Gasteiger partial charge in [0.1, 0.15) is 5.75 Å². The van der Waals surface area contributed by atoms with Gasteiger partial charge in [-0.1, -0.05) is 26.2 Å². The summed E-state index contributed by atoms with van der Waals surface area (Å²) in [6.45, 7) is 2.42. The van der Waals surface area contributed by atoms with Crippen LogP contribution in [0.3, 0.4) is 0 Å². The lowest BCUT2D eigenvalue weighted by atomic mass is 10.1. The Kier molecular flexibility index (Phi) is 10.7. The molecule has 0 aliphatic rings. The SMILES string of the molecule is CCCCOC(=O)c1ccc(OC(=O)CCCCCCC(=O)NO)cc1. The van der Waals surface area contributed by atoms with E-state index in [0.717, 1.165) is 25.7 Å². The van der Waals surface area contributed by atoms with Gasteiger partial charge in [0.2, 0.25) is 5.91 Å². The van der Waals surface area contributed by atoms with Crippen LogP contribution in [0, 0.1) is 0 Å². The van der Waals surface area contributed by atoms with E-state index in [-0.39, 0.29) is 24.8 Å². The highest BCUT2D eigenvalue weighted by atomic mass is 16.5. The second kappa shape index (κ2) is 12.9. The number of carbonyl (C=O) groups is 3. The van der Waals surface area contributed by atoms with Gasteiger partial charge in [0, 0.05) is 12.8 Å². The summed E-state index contributed by atoms with van der Waals surface area (Å²) in [4.78, 5) is 34.4. The van der Waals surface area contributed by atoms with Gasteiger partial charge in [-0.05, 0) is 43.5 Å². The van der Waals surface area contributed by atoms with Gasteiger partial charge in [0.25, 0.3) is 0 Å². The third kappa shape index (κ3) is 9.17. The van der Waals surface area contributed by atoms with Crippen molar-refractivity contribution in [2.45, 2.75) is 58.3 Å². The van der Waals surface area contributed by atoms with E-state index in [4.69, 9.17) is 14.7 Å². The number of hydroxylamine groups is 1. The Morgan fingerprint density at radius 1 is 0.962 bits per heavy atom. The standard InChI is InChI=1S/C19H27NO6/c1-2-3-14-25-19(23)15-10-12-16(13-11-15)26-18(22)9-7-5-4-6-8-17(21)20-24/h10-13,24H,2-9,14H2,1H3,(H,20,21). The number of ether oxygens (including phenoxy) is 2. The molecule has 144 valence electrons. The lowest BCUT2D eigenvalue weighted by Crippen LogP contribution is -2.17. The quantitative estimate of drug-likeness (QED) is 0.193. The van der Waals surface area contributed by atoms with Crippen molar-refractivity contribution < 1.29 is 29.1 Å². The zero-order chi connectivity index (χ0) is 19.2. The number of amides is 1. The number of benzene rings is 1. The summed E-state index contributed by atoms with van der Waals surface area (Å²) in [5.74, 6) is -0.732. The topological polar surface area (TPSA) is 102 Å². The van der Waals surface area contributed by atoms with E-state index in [0.29, 0.717) is 30.8 Å². The van der Waals surface area contributed by atoms with Crippen LogP contribution in [0.4, 0.5) is 0 Å². The summed E-state index contributed by atoms with van der Waals surface area (Å²) in [5, 5.41) is 8.36. The van der Waals surface area contributed by atoms with Gasteiger partial charge >= 0.3 is 11.9 Å². The molecule has 1 rings (SSSR count). The zero-order valence-corrected chi connectivity index (χ0v) is 15.2. The molecule has 0 atom stereocenters. The van der Waals surface area contributed by atoms with E-state index in [1.807, 2.05) is 6.92 Å². The maximum Gasteiger partial charge on any atom is 0.338 e. The van der Waals surface area contributed by atoms with E-state index in [1.165, 1.54) is 0 Å². The molecule has 0 heterocycles. The molecule has 0 unspecified atom stereocenters. The highest BCUT2D eigenvalue weighted by Gasteiger charge is 2.09. The normalized spacial score (nSPS) is 10.2. The van der Waals surface area contributed by atoms with Gasteiger partial charge in [-0.15, -0.1) is 0 Å². The number of hydrogen-bond acceptors (Lipinski definition) is 6. The number of unbranched alkanes of at least 4 members (excludes halogenated alkanes) is 4. The molecular formula is C19H27NO6. The predicted octanol–water partition coefficient (Wildman–Crippen LogP) is 3.39. The highest BCUT2D eigenvalue weighted by Crippen LogP contribution is 2.15. The molecule has 2 N–H and O–H groups in total. The first kappa shape index (κ1) is 21.6. The molecule has 7 heteroatoms. The first-order chi connectivity index (χ1) is 12.6.